The maximum absolute atomic E-state index is 13.0. The number of hydrogen-bond donors (Lipinski definition) is 1. The Kier molecular flexibility index (Phi) is 7.92. The van der Waals surface area contributed by atoms with Crippen LogP contribution < -0.4 is 9.62 Å². The molecule has 4 aromatic rings. The number of nitrogens with one attached hydrogen (secondary N) is 1. The SMILES string of the molecule is Cc1ccc(N(c2ccc(CN3CCN(C)CC3)cc2)S(C)(=O)=O)cc1Nc1cc(-c2cccnc2)ccn1. The summed E-state index contributed by atoms with van der Waals surface area (Å²) in [7, 11) is -1.45. The molecule has 1 fully saturated rings. The molecule has 3 heterocycles. The molecule has 0 amide bonds. The second-order valence-corrected chi connectivity index (χ2v) is 11.9. The lowest BCUT2D eigenvalue weighted by Gasteiger charge is -2.32. The molecule has 2 aromatic carbocycles. The highest BCUT2D eigenvalue weighted by atomic mass is 32.2. The first-order valence-corrected chi connectivity index (χ1v) is 14.9. The second kappa shape index (κ2) is 11.5. The van der Waals surface area contributed by atoms with Crippen molar-refractivity contribution in [1.29, 1.82) is 0 Å². The summed E-state index contributed by atoms with van der Waals surface area (Å²) in [5.74, 6) is 0.663. The predicted molar refractivity (Wildman–Crippen MR) is 158 cm³/mol. The highest BCUT2D eigenvalue weighted by Crippen LogP contribution is 2.33. The van der Waals surface area contributed by atoms with Crippen molar-refractivity contribution in [2.75, 3.05) is 49.1 Å². The van der Waals surface area contributed by atoms with Crippen LogP contribution in [0.15, 0.2) is 85.3 Å². The van der Waals surface area contributed by atoms with Crippen molar-refractivity contribution in [1.82, 2.24) is 19.8 Å². The maximum Gasteiger partial charge on any atom is 0.236 e. The smallest absolute Gasteiger partial charge is 0.236 e. The molecule has 1 saturated heterocycles. The highest BCUT2D eigenvalue weighted by Gasteiger charge is 2.21. The number of aryl methyl sites for hydroxylation is 1. The molecule has 0 bridgehead atoms. The molecule has 0 atom stereocenters. The first kappa shape index (κ1) is 26.8. The van der Waals surface area contributed by atoms with Gasteiger partial charge in [0, 0.05) is 62.6 Å². The van der Waals surface area contributed by atoms with Gasteiger partial charge in [-0.2, -0.15) is 0 Å². The molecular formula is C30H34N6O2S. The lowest BCUT2D eigenvalue weighted by Crippen LogP contribution is -2.43. The topological polar surface area (TPSA) is 81.7 Å². The summed E-state index contributed by atoms with van der Waals surface area (Å²) >= 11 is 0. The Balaban J connectivity index is 1.39. The van der Waals surface area contributed by atoms with Crippen LogP contribution in [0, 0.1) is 6.92 Å². The summed E-state index contributed by atoms with van der Waals surface area (Å²) in [6, 6.07) is 21.2. The predicted octanol–water partition coefficient (Wildman–Crippen LogP) is 5.04. The molecule has 1 aliphatic heterocycles. The summed E-state index contributed by atoms with van der Waals surface area (Å²) in [5.41, 5.74) is 6.07. The van der Waals surface area contributed by atoms with E-state index < -0.39 is 10.0 Å². The van der Waals surface area contributed by atoms with Crippen LogP contribution in [0.4, 0.5) is 22.9 Å². The molecule has 0 spiro atoms. The molecule has 202 valence electrons. The summed E-state index contributed by atoms with van der Waals surface area (Å²) in [6.07, 6.45) is 6.53. The largest absolute Gasteiger partial charge is 0.340 e. The van der Waals surface area contributed by atoms with Crippen molar-refractivity contribution < 1.29 is 8.42 Å². The molecule has 0 aliphatic carbocycles. The van der Waals surface area contributed by atoms with E-state index in [2.05, 4.69) is 32.1 Å². The maximum atomic E-state index is 13.0. The van der Waals surface area contributed by atoms with Crippen LogP contribution in [0.1, 0.15) is 11.1 Å². The van der Waals surface area contributed by atoms with Crippen molar-refractivity contribution >= 4 is 32.9 Å². The van der Waals surface area contributed by atoms with Crippen LogP contribution in [-0.2, 0) is 16.6 Å². The Morgan fingerprint density at radius 3 is 2.33 bits per heavy atom. The second-order valence-electron chi connectivity index (χ2n) is 10.1. The lowest BCUT2D eigenvalue weighted by molar-refractivity contribution is 0.148. The molecule has 9 heteroatoms. The number of likely N-dealkylation sites (N-methyl/N-ethyl adjacent to an activating group) is 1. The van der Waals surface area contributed by atoms with Crippen LogP contribution >= 0.6 is 0 Å². The van der Waals surface area contributed by atoms with Crippen LogP contribution in [0.25, 0.3) is 11.1 Å². The van der Waals surface area contributed by atoms with E-state index in [1.165, 1.54) is 16.1 Å². The number of aromatic nitrogens is 2. The molecule has 8 nitrogen and oxygen atoms in total. The van der Waals surface area contributed by atoms with Gasteiger partial charge in [-0.25, -0.2) is 17.7 Å². The van der Waals surface area contributed by atoms with Gasteiger partial charge in [-0.3, -0.25) is 9.88 Å². The van der Waals surface area contributed by atoms with Gasteiger partial charge in [-0.15, -0.1) is 0 Å². The van der Waals surface area contributed by atoms with Crippen molar-refractivity contribution in [3.05, 3.63) is 96.4 Å². The fourth-order valence-electron chi connectivity index (χ4n) is 4.75. The van der Waals surface area contributed by atoms with Gasteiger partial charge in [0.25, 0.3) is 0 Å². The van der Waals surface area contributed by atoms with Gasteiger partial charge < -0.3 is 10.2 Å². The Morgan fingerprint density at radius 1 is 0.897 bits per heavy atom. The van der Waals surface area contributed by atoms with Gasteiger partial charge in [0.2, 0.25) is 10.0 Å². The van der Waals surface area contributed by atoms with Crippen molar-refractivity contribution in [2.45, 2.75) is 13.5 Å². The minimum atomic E-state index is -3.60. The molecule has 1 aliphatic rings. The van der Waals surface area contributed by atoms with Crippen LogP contribution in [0.3, 0.4) is 0 Å². The zero-order valence-corrected chi connectivity index (χ0v) is 23.4. The monoisotopic (exact) mass is 542 g/mol. The zero-order valence-electron chi connectivity index (χ0n) is 22.6. The van der Waals surface area contributed by atoms with Gasteiger partial charge in [-0.05, 0) is 73.1 Å². The fraction of sp³-hybridized carbons (Fsp3) is 0.267. The van der Waals surface area contributed by atoms with Crippen LogP contribution in [0.2, 0.25) is 0 Å². The van der Waals surface area contributed by atoms with E-state index >= 15 is 0 Å². The van der Waals surface area contributed by atoms with E-state index in [1.54, 1.807) is 12.4 Å². The van der Waals surface area contributed by atoms with E-state index in [1.807, 2.05) is 79.9 Å². The molecule has 39 heavy (non-hydrogen) atoms. The number of benzene rings is 2. The Labute approximate surface area is 231 Å². The number of pyridine rings is 2. The summed E-state index contributed by atoms with van der Waals surface area (Å²) in [5, 5.41) is 3.38. The van der Waals surface area contributed by atoms with Crippen LogP contribution in [-0.4, -0.2) is 67.7 Å². The minimum absolute atomic E-state index is 0.556. The van der Waals surface area contributed by atoms with Gasteiger partial charge in [-0.1, -0.05) is 24.3 Å². The summed E-state index contributed by atoms with van der Waals surface area (Å²) in [4.78, 5) is 13.4. The third-order valence-electron chi connectivity index (χ3n) is 6.98. The normalized spacial score (nSPS) is 14.7. The summed E-state index contributed by atoms with van der Waals surface area (Å²) < 4.78 is 27.4. The summed E-state index contributed by atoms with van der Waals surface area (Å²) in [6.45, 7) is 7.03. The zero-order chi connectivity index (χ0) is 27.4. The molecule has 0 radical (unpaired) electrons. The Bertz CT molecular complexity index is 1520. The number of hydrogen-bond acceptors (Lipinski definition) is 7. The molecule has 5 rings (SSSR count). The molecule has 2 aromatic heterocycles. The molecule has 0 saturated carbocycles. The molecule has 1 N–H and O–H groups in total. The number of anilines is 4. The van der Waals surface area contributed by atoms with Gasteiger partial charge >= 0.3 is 0 Å². The number of nitrogens with zero attached hydrogens (tertiary/aromatic N) is 5. The standard InChI is InChI=1S/C30H34N6O2S/c1-23-6-9-28(20-29(23)33-30-19-25(12-14-32-30)26-5-4-13-31-21-26)36(39(3,37)38)27-10-7-24(8-11-27)22-35-17-15-34(2)16-18-35/h4-14,19-21H,15-18,22H2,1-3H3,(H,32,33). The number of sulfonamides is 1. The van der Waals surface area contributed by atoms with E-state index in [4.69, 9.17) is 0 Å². The first-order valence-electron chi connectivity index (χ1n) is 13.0. The van der Waals surface area contributed by atoms with E-state index in [0.29, 0.717) is 17.2 Å². The Morgan fingerprint density at radius 2 is 1.64 bits per heavy atom. The average molecular weight is 543 g/mol. The lowest BCUT2D eigenvalue weighted by atomic mass is 10.1. The minimum Gasteiger partial charge on any atom is -0.340 e. The average Bonchev–Trinajstić information content (AvgIpc) is 2.93. The highest BCUT2D eigenvalue weighted by molar-refractivity contribution is 7.92. The fourth-order valence-corrected chi connectivity index (χ4v) is 5.76. The molecular weight excluding hydrogens is 508 g/mol. The van der Waals surface area contributed by atoms with Crippen molar-refractivity contribution in [2.24, 2.45) is 0 Å². The Hall–Kier alpha value is -3.79. The van der Waals surface area contributed by atoms with Gasteiger partial charge in [0.15, 0.2) is 0 Å². The third-order valence-corrected chi connectivity index (χ3v) is 8.06. The molecule has 0 unspecified atom stereocenters. The van der Waals surface area contributed by atoms with E-state index in [9.17, 15) is 8.42 Å². The quantitative estimate of drug-likeness (QED) is 0.334. The van der Waals surface area contributed by atoms with E-state index in [-0.39, 0.29) is 0 Å². The van der Waals surface area contributed by atoms with Crippen molar-refractivity contribution in [3.63, 3.8) is 0 Å². The van der Waals surface area contributed by atoms with Crippen LogP contribution in [0.5, 0.6) is 0 Å². The van der Waals surface area contributed by atoms with Gasteiger partial charge in [0.05, 0.1) is 17.6 Å². The first-order chi connectivity index (χ1) is 18.8. The number of rotatable bonds is 8. The van der Waals surface area contributed by atoms with Gasteiger partial charge in [0.1, 0.15) is 5.82 Å². The van der Waals surface area contributed by atoms with E-state index in [0.717, 1.165) is 55.1 Å². The number of piperazine rings is 1. The third kappa shape index (κ3) is 6.62. The van der Waals surface area contributed by atoms with Crippen molar-refractivity contribution in [3.8, 4) is 11.1 Å².